The number of aryl methyl sites for hydroxylation is 1. The van der Waals surface area contributed by atoms with Crippen LogP contribution in [0.15, 0.2) is 51.8 Å². The average molecular weight is 404 g/mol. The molecule has 0 saturated carbocycles. The summed E-state index contributed by atoms with van der Waals surface area (Å²) in [6.45, 7) is 1.76. The van der Waals surface area contributed by atoms with Crippen molar-refractivity contribution in [3.63, 3.8) is 0 Å². The normalized spacial score (nSPS) is 11.2. The molecule has 2 rings (SSSR count). The second-order valence-electron chi connectivity index (χ2n) is 4.45. The molecule has 0 saturated heterocycles. The minimum Gasteiger partial charge on any atom is -0.273 e. The van der Waals surface area contributed by atoms with E-state index in [1.54, 1.807) is 37.3 Å². The summed E-state index contributed by atoms with van der Waals surface area (Å²) in [6, 6.07) is 11.2. The minimum absolute atomic E-state index is 0.0482. The molecule has 0 aliphatic rings. The monoisotopic (exact) mass is 402 g/mol. The molecule has 0 radical (unpaired) electrons. The van der Waals surface area contributed by atoms with Crippen LogP contribution in [0, 0.1) is 6.92 Å². The molecule has 2 N–H and O–H groups in total. The molecule has 116 valence electrons. The maximum Gasteiger partial charge on any atom is 0.266 e. The van der Waals surface area contributed by atoms with E-state index in [4.69, 9.17) is 11.6 Å². The lowest BCUT2D eigenvalue weighted by Gasteiger charge is -2.11. The summed E-state index contributed by atoms with van der Waals surface area (Å²) in [7, 11) is -3.96. The topological polar surface area (TPSA) is 75.3 Å². The van der Waals surface area contributed by atoms with E-state index in [1.807, 2.05) is 4.83 Å². The molecule has 0 bridgehead atoms. The van der Waals surface area contributed by atoms with Gasteiger partial charge in [0.15, 0.2) is 0 Å². The number of hydrazine groups is 1. The van der Waals surface area contributed by atoms with Crippen LogP contribution in [0.1, 0.15) is 15.9 Å². The van der Waals surface area contributed by atoms with E-state index in [9.17, 15) is 13.2 Å². The summed E-state index contributed by atoms with van der Waals surface area (Å²) in [5.41, 5.74) is 3.29. The van der Waals surface area contributed by atoms with Crippen LogP contribution in [0.3, 0.4) is 0 Å². The number of halogens is 2. The molecule has 2 aromatic carbocycles. The van der Waals surface area contributed by atoms with Crippen molar-refractivity contribution in [1.29, 1.82) is 0 Å². The number of rotatable bonds is 4. The number of hydrogen-bond acceptors (Lipinski definition) is 3. The summed E-state index contributed by atoms with van der Waals surface area (Å²) in [6.07, 6.45) is 0. The van der Waals surface area contributed by atoms with E-state index in [0.717, 1.165) is 5.56 Å². The number of nitrogens with one attached hydrogen (secondary N) is 2. The van der Waals surface area contributed by atoms with E-state index in [1.165, 1.54) is 12.1 Å². The minimum atomic E-state index is -3.96. The Balaban J connectivity index is 2.17. The van der Waals surface area contributed by atoms with Crippen LogP contribution in [0.4, 0.5) is 0 Å². The van der Waals surface area contributed by atoms with Crippen molar-refractivity contribution in [2.75, 3.05) is 0 Å². The van der Waals surface area contributed by atoms with Gasteiger partial charge >= 0.3 is 0 Å². The number of sulfonamides is 1. The van der Waals surface area contributed by atoms with Gasteiger partial charge in [-0.15, -0.1) is 4.83 Å². The molecule has 22 heavy (non-hydrogen) atoms. The predicted octanol–water partition coefficient (Wildman–Crippen LogP) is 3.03. The fourth-order valence-corrected chi connectivity index (χ4v) is 3.63. The first-order valence-electron chi connectivity index (χ1n) is 6.14. The van der Waals surface area contributed by atoms with E-state index in [2.05, 4.69) is 21.4 Å². The zero-order chi connectivity index (χ0) is 16.3. The molecular weight excluding hydrogens is 392 g/mol. The zero-order valence-corrected chi connectivity index (χ0v) is 14.6. The maximum absolute atomic E-state index is 12.2. The third-order valence-corrected chi connectivity index (χ3v) is 5.10. The van der Waals surface area contributed by atoms with Crippen LogP contribution < -0.4 is 10.3 Å². The van der Waals surface area contributed by atoms with Gasteiger partial charge in [-0.2, -0.15) is 0 Å². The summed E-state index contributed by atoms with van der Waals surface area (Å²) in [5.74, 6) is -0.546. The van der Waals surface area contributed by atoms with E-state index >= 15 is 0 Å². The second-order valence-corrected chi connectivity index (χ2v) is 7.42. The van der Waals surface area contributed by atoms with Crippen LogP contribution >= 0.6 is 27.5 Å². The zero-order valence-electron chi connectivity index (χ0n) is 11.4. The number of carbonyl (C=O) groups excluding carboxylic acids is 1. The fourth-order valence-electron chi connectivity index (χ4n) is 1.76. The van der Waals surface area contributed by atoms with Crippen molar-refractivity contribution in [1.82, 2.24) is 10.3 Å². The van der Waals surface area contributed by atoms with Gasteiger partial charge in [0.1, 0.15) is 4.90 Å². The first-order valence-corrected chi connectivity index (χ1v) is 8.79. The molecule has 0 aromatic heterocycles. The Bertz CT molecular complexity index is 825. The predicted molar refractivity (Wildman–Crippen MR) is 88.1 cm³/mol. The van der Waals surface area contributed by atoms with E-state index in [-0.39, 0.29) is 9.92 Å². The van der Waals surface area contributed by atoms with Crippen molar-refractivity contribution >= 4 is 43.5 Å². The van der Waals surface area contributed by atoms with Crippen molar-refractivity contribution in [3.8, 4) is 0 Å². The number of benzene rings is 2. The Morgan fingerprint density at radius 1 is 1.18 bits per heavy atom. The maximum atomic E-state index is 12.2. The molecule has 5 nitrogen and oxygen atoms in total. The summed E-state index contributed by atoms with van der Waals surface area (Å²) >= 11 is 9.10. The van der Waals surface area contributed by atoms with Crippen LogP contribution in [0.2, 0.25) is 5.02 Å². The highest BCUT2D eigenvalue weighted by atomic mass is 79.9. The molecule has 0 unspecified atom stereocenters. The highest BCUT2D eigenvalue weighted by Crippen LogP contribution is 2.24. The first-order chi connectivity index (χ1) is 10.3. The Kier molecular flexibility index (Phi) is 5.23. The van der Waals surface area contributed by atoms with Gasteiger partial charge in [0.25, 0.3) is 15.9 Å². The Morgan fingerprint density at radius 3 is 2.50 bits per heavy atom. The molecule has 0 spiro atoms. The van der Waals surface area contributed by atoms with Crippen molar-refractivity contribution in [3.05, 3.63) is 63.1 Å². The number of amides is 1. The molecule has 0 atom stereocenters. The van der Waals surface area contributed by atoms with Gasteiger partial charge in [-0.3, -0.25) is 10.2 Å². The molecule has 0 fully saturated rings. The Hall–Kier alpha value is -1.41. The average Bonchev–Trinajstić information content (AvgIpc) is 2.45. The Labute approximate surface area is 141 Å². The number of carbonyl (C=O) groups is 1. The van der Waals surface area contributed by atoms with Gasteiger partial charge in [0.2, 0.25) is 0 Å². The van der Waals surface area contributed by atoms with Crippen molar-refractivity contribution in [2.24, 2.45) is 0 Å². The lowest BCUT2D eigenvalue weighted by Crippen LogP contribution is -2.41. The SMILES string of the molecule is Cc1ccccc1C(=O)NNS(=O)(=O)c1ccc(Br)cc1Cl. The second kappa shape index (κ2) is 6.78. The molecule has 8 heteroatoms. The molecule has 0 heterocycles. The third-order valence-electron chi connectivity index (χ3n) is 2.87. The smallest absolute Gasteiger partial charge is 0.266 e. The summed E-state index contributed by atoms with van der Waals surface area (Å²) in [4.78, 5) is 13.9. The van der Waals surface area contributed by atoms with E-state index < -0.39 is 15.9 Å². The van der Waals surface area contributed by atoms with Gasteiger partial charge in [0, 0.05) is 10.0 Å². The lowest BCUT2D eigenvalue weighted by atomic mass is 10.1. The number of hydrogen-bond donors (Lipinski definition) is 2. The molecule has 0 aliphatic heterocycles. The summed E-state index contributed by atoms with van der Waals surface area (Å²) in [5, 5.41) is 0.0482. The highest BCUT2D eigenvalue weighted by Gasteiger charge is 2.19. The van der Waals surface area contributed by atoms with Gasteiger partial charge in [-0.1, -0.05) is 45.7 Å². The Morgan fingerprint density at radius 2 is 1.86 bits per heavy atom. The fraction of sp³-hybridized carbons (Fsp3) is 0.0714. The van der Waals surface area contributed by atoms with Gasteiger partial charge in [0.05, 0.1) is 5.02 Å². The third kappa shape index (κ3) is 3.86. The lowest BCUT2D eigenvalue weighted by molar-refractivity contribution is 0.0944. The van der Waals surface area contributed by atoms with Crippen LogP contribution in [-0.4, -0.2) is 14.3 Å². The molecule has 2 aromatic rings. The molecule has 0 aliphatic carbocycles. The van der Waals surface area contributed by atoms with Gasteiger partial charge in [-0.05, 0) is 36.8 Å². The van der Waals surface area contributed by atoms with Crippen LogP contribution in [0.5, 0.6) is 0 Å². The standard InChI is InChI=1S/C14H12BrClN2O3S/c1-9-4-2-3-5-11(9)14(19)17-18-22(20,21)13-7-6-10(15)8-12(13)16/h2-8,18H,1H3,(H,17,19). The highest BCUT2D eigenvalue weighted by molar-refractivity contribution is 9.10. The van der Waals surface area contributed by atoms with Crippen LogP contribution in [0.25, 0.3) is 0 Å². The first kappa shape index (κ1) is 17.0. The molecular formula is C14H12BrClN2O3S. The van der Waals surface area contributed by atoms with Crippen LogP contribution in [-0.2, 0) is 10.0 Å². The van der Waals surface area contributed by atoms with Gasteiger partial charge < -0.3 is 0 Å². The quantitative estimate of drug-likeness (QED) is 0.771. The van der Waals surface area contributed by atoms with Gasteiger partial charge in [-0.25, -0.2) is 8.42 Å². The van der Waals surface area contributed by atoms with E-state index in [0.29, 0.717) is 10.0 Å². The van der Waals surface area contributed by atoms with Crippen molar-refractivity contribution in [2.45, 2.75) is 11.8 Å². The van der Waals surface area contributed by atoms with Crippen molar-refractivity contribution < 1.29 is 13.2 Å². The summed E-state index contributed by atoms with van der Waals surface area (Å²) < 4.78 is 25.0. The largest absolute Gasteiger partial charge is 0.273 e. The molecule has 1 amide bonds.